The van der Waals surface area contributed by atoms with Crippen molar-refractivity contribution in [3.8, 4) is 0 Å². The highest BCUT2D eigenvalue weighted by molar-refractivity contribution is 5.69. The van der Waals surface area contributed by atoms with Gasteiger partial charge < -0.3 is 39.1 Å². The lowest BCUT2D eigenvalue weighted by atomic mass is 9.82. The molecular weight excluding hydrogens is 524 g/mol. The van der Waals surface area contributed by atoms with E-state index in [4.69, 9.17) is 18.9 Å². The van der Waals surface area contributed by atoms with E-state index in [2.05, 4.69) is 20.1 Å². The molecule has 0 heterocycles. The summed E-state index contributed by atoms with van der Waals surface area (Å²) in [5, 5.41) is 4.95. The van der Waals surface area contributed by atoms with Crippen molar-refractivity contribution in [1.29, 1.82) is 0 Å². The second kappa shape index (κ2) is 22.1. The predicted molar refractivity (Wildman–Crippen MR) is 147 cm³/mol. The fraction of sp³-hybridized carbons (Fsp3) is 0.857. The molecule has 3 aliphatic carbocycles. The summed E-state index contributed by atoms with van der Waals surface area (Å²) in [7, 11) is 2.64. The Labute approximate surface area is 238 Å². The van der Waals surface area contributed by atoms with Crippen LogP contribution < -0.4 is 10.6 Å². The van der Waals surface area contributed by atoms with Gasteiger partial charge in [-0.3, -0.25) is 9.59 Å². The summed E-state index contributed by atoms with van der Waals surface area (Å²) < 4.78 is 28.3. The SMILES string of the molecule is C1CC2C3CCC(C3)C2C1.CCNC(=O)OCCOCCC(=O)OC.CCNC(=O)OCCOCCC(=O)OC. The fourth-order valence-electron chi connectivity index (χ4n) is 5.52. The maximum absolute atomic E-state index is 10.8. The van der Waals surface area contributed by atoms with Crippen molar-refractivity contribution in [2.45, 2.75) is 65.2 Å². The molecule has 4 atom stereocenters. The Morgan fingerprint density at radius 2 is 1.05 bits per heavy atom. The number of methoxy groups -OCH3 is 2. The molecule has 0 aliphatic heterocycles. The fourth-order valence-corrected chi connectivity index (χ4v) is 5.52. The maximum atomic E-state index is 10.8. The van der Waals surface area contributed by atoms with Crippen LogP contribution in [0.3, 0.4) is 0 Å². The minimum Gasteiger partial charge on any atom is -0.469 e. The first-order valence-corrected chi connectivity index (χ1v) is 14.5. The van der Waals surface area contributed by atoms with Crippen molar-refractivity contribution in [2.75, 3.05) is 67.0 Å². The second-order valence-electron chi connectivity index (χ2n) is 9.80. The van der Waals surface area contributed by atoms with E-state index in [1.807, 2.05) is 0 Å². The van der Waals surface area contributed by atoms with Crippen LogP contribution in [0.15, 0.2) is 0 Å². The van der Waals surface area contributed by atoms with Crippen molar-refractivity contribution < 1.29 is 47.6 Å². The Hall–Kier alpha value is -2.60. The summed E-state index contributed by atoms with van der Waals surface area (Å²) in [6, 6.07) is 0. The number of rotatable bonds is 14. The minimum absolute atomic E-state index is 0.174. The van der Waals surface area contributed by atoms with Gasteiger partial charge in [-0.1, -0.05) is 6.42 Å². The van der Waals surface area contributed by atoms with Crippen molar-refractivity contribution in [3.63, 3.8) is 0 Å². The molecule has 3 rings (SSSR count). The van der Waals surface area contributed by atoms with E-state index in [-0.39, 0.29) is 64.4 Å². The average molecular weight is 575 g/mol. The van der Waals surface area contributed by atoms with E-state index in [0.717, 1.165) is 0 Å². The van der Waals surface area contributed by atoms with E-state index in [9.17, 15) is 19.2 Å². The summed E-state index contributed by atoms with van der Waals surface area (Å²) in [5.41, 5.74) is 0. The van der Waals surface area contributed by atoms with Gasteiger partial charge in [-0.15, -0.1) is 0 Å². The van der Waals surface area contributed by atoms with Crippen molar-refractivity contribution in [2.24, 2.45) is 23.7 Å². The lowest BCUT2D eigenvalue weighted by Crippen LogP contribution is -2.25. The number of ether oxygens (including phenoxy) is 6. The van der Waals surface area contributed by atoms with Crippen LogP contribution in [0.5, 0.6) is 0 Å². The average Bonchev–Trinajstić information content (AvgIpc) is 3.69. The molecule has 2 bridgehead atoms. The summed E-state index contributed by atoms with van der Waals surface area (Å²) >= 11 is 0. The van der Waals surface area contributed by atoms with Crippen LogP contribution in [0.2, 0.25) is 0 Å². The molecule has 4 unspecified atom stereocenters. The molecule has 0 radical (unpaired) electrons. The van der Waals surface area contributed by atoms with Crippen LogP contribution in [0.4, 0.5) is 9.59 Å². The zero-order valence-electron chi connectivity index (χ0n) is 24.7. The Morgan fingerprint density at radius 1 is 0.625 bits per heavy atom. The van der Waals surface area contributed by atoms with Gasteiger partial charge in [-0.25, -0.2) is 9.59 Å². The molecule has 0 aromatic heterocycles. The lowest BCUT2D eigenvalue weighted by Gasteiger charge is -2.23. The van der Waals surface area contributed by atoms with E-state index in [1.165, 1.54) is 37.9 Å². The quantitative estimate of drug-likeness (QED) is 0.180. The first-order chi connectivity index (χ1) is 19.4. The van der Waals surface area contributed by atoms with Gasteiger partial charge in [-0.05, 0) is 69.6 Å². The maximum Gasteiger partial charge on any atom is 0.407 e. The standard InChI is InChI=1S/C10H16.2C9H17NO5/c1-2-9-7-4-5-8(6-7)10(9)3-1;2*1-3-10-9(12)15-7-6-14-5-4-8(11)13-2/h7-10H,1-6H2;2*3-7H2,1-2H3,(H,10,12). The molecule has 232 valence electrons. The van der Waals surface area contributed by atoms with Crippen LogP contribution in [-0.4, -0.2) is 91.1 Å². The molecule has 12 nitrogen and oxygen atoms in total. The zero-order valence-corrected chi connectivity index (χ0v) is 24.7. The number of amides is 2. The van der Waals surface area contributed by atoms with E-state index in [1.54, 1.807) is 52.4 Å². The van der Waals surface area contributed by atoms with Crippen molar-refractivity contribution in [3.05, 3.63) is 0 Å². The molecule has 2 amide bonds. The molecule has 2 N–H and O–H groups in total. The number of carbonyl (C=O) groups excluding carboxylic acids is 4. The number of hydrogen-bond donors (Lipinski definition) is 2. The topological polar surface area (TPSA) is 148 Å². The normalized spacial score (nSPS) is 21.5. The third kappa shape index (κ3) is 15.3. The first kappa shape index (κ1) is 35.4. The van der Waals surface area contributed by atoms with Gasteiger partial charge in [0.25, 0.3) is 0 Å². The molecular formula is C28H50N2O10. The molecule has 12 heteroatoms. The summed E-state index contributed by atoms with van der Waals surface area (Å²) in [6.07, 6.45) is 9.02. The molecule has 3 aliphatic rings. The molecule has 0 aromatic rings. The van der Waals surface area contributed by atoms with Gasteiger partial charge in [0.2, 0.25) is 0 Å². The highest BCUT2D eigenvalue weighted by Crippen LogP contribution is 2.58. The van der Waals surface area contributed by atoms with Gasteiger partial charge in [-0.2, -0.15) is 0 Å². The number of nitrogens with one attached hydrogen (secondary N) is 2. The van der Waals surface area contributed by atoms with Gasteiger partial charge in [0.1, 0.15) is 13.2 Å². The zero-order chi connectivity index (χ0) is 29.6. The molecule has 3 saturated carbocycles. The smallest absolute Gasteiger partial charge is 0.407 e. The largest absolute Gasteiger partial charge is 0.469 e. The van der Waals surface area contributed by atoms with Gasteiger partial charge in [0.05, 0.1) is 53.5 Å². The van der Waals surface area contributed by atoms with Crippen molar-refractivity contribution in [1.82, 2.24) is 10.6 Å². The van der Waals surface area contributed by atoms with E-state index in [0.29, 0.717) is 13.1 Å². The van der Waals surface area contributed by atoms with Crippen LogP contribution in [0.25, 0.3) is 0 Å². The van der Waals surface area contributed by atoms with E-state index < -0.39 is 12.2 Å². The highest BCUT2D eigenvalue weighted by atomic mass is 16.6. The number of esters is 2. The molecule has 0 aromatic carbocycles. The minimum atomic E-state index is -0.464. The molecule has 40 heavy (non-hydrogen) atoms. The van der Waals surface area contributed by atoms with Crippen LogP contribution in [0.1, 0.15) is 65.2 Å². The summed E-state index contributed by atoms with van der Waals surface area (Å²) in [5.74, 6) is 4.16. The third-order valence-electron chi connectivity index (χ3n) is 7.27. The number of fused-ring (bicyclic) bond motifs is 5. The Kier molecular flexibility index (Phi) is 19.6. The first-order valence-electron chi connectivity index (χ1n) is 14.5. The van der Waals surface area contributed by atoms with Crippen LogP contribution in [0, 0.1) is 23.7 Å². The number of hydrogen-bond acceptors (Lipinski definition) is 10. The molecule has 3 fully saturated rings. The third-order valence-corrected chi connectivity index (χ3v) is 7.27. The highest BCUT2D eigenvalue weighted by Gasteiger charge is 2.48. The summed E-state index contributed by atoms with van der Waals surface area (Å²) in [6.45, 7) is 6.09. The second-order valence-corrected chi connectivity index (χ2v) is 9.80. The molecule has 0 saturated heterocycles. The monoisotopic (exact) mass is 574 g/mol. The lowest BCUT2D eigenvalue weighted by molar-refractivity contribution is -0.142. The number of alkyl carbamates (subject to hydrolysis) is 2. The molecule has 0 spiro atoms. The summed E-state index contributed by atoms with van der Waals surface area (Å²) in [4.78, 5) is 42.8. The van der Waals surface area contributed by atoms with Crippen LogP contribution in [-0.2, 0) is 38.0 Å². The van der Waals surface area contributed by atoms with Gasteiger partial charge in [0.15, 0.2) is 0 Å². The van der Waals surface area contributed by atoms with Crippen LogP contribution >= 0.6 is 0 Å². The van der Waals surface area contributed by atoms with Gasteiger partial charge in [0, 0.05) is 13.1 Å². The van der Waals surface area contributed by atoms with Crippen molar-refractivity contribution >= 4 is 24.1 Å². The Balaban J connectivity index is 0.000000304. The number of carbonyl (C=O) groups is 4. The Bertz CT molecular complexity index is 678. The van der Waals surface area contributed by atoms with Gasteiger partial charge >= 0.3 is 24.1 Å². The van der Waals surface area contributed by atoms with E-state index >= 15 is 0 Å². The Morgan fingerprint density at radius 3 is 1.43 bits per heavy atom. The predicted octanol–water partition coefficient (Wildman–Crippen LogP) is 3.46.